The van der Waals surface area contributed by atoms with Crippen LogP contribution >= 0.6 is 0 Å². The fourth-order valence-corrected chi connectivity index (χ4v) is 6.08. The van der Waals surface area contributed by atoms with E-state index in [1.54, 1.807) is 0 Å². The van der Waals surface area contributed by atoms with Crippen molar-refractivity contribution in [2.75, 3.05) is 0 Å². The largest absolute Gasteiger partial charge is 0.498 e. The first-order valence-corrected chi connectivity index (χ1v) is 10.6. The maximum atomic E-state index is 13.0. The molecule has 14 heteroatoms. The van der Waals surface area contributed by atoms with Gasteiger partial charge < -0.3 is 5.32 Å². The second-order valence-corrected chi connectivity index (χ2v) is 10.5. The number of rotatable bonds is 7. The van der Waals surface area contributed by atoms with Crippen LogP contribution in [-0.2, 0) is 30.0 Å². The van der Waals surface area contributed by atoms with Crippen molar-refractivity contribution in [3.8, 4) is 0 Å². The van der Waals surface area contributed by atoms with Crippen LogP contribution in [0.1, 0.15) is 18.9 Å². The number of benzene rings is 1. The van der Waals surface area contributed by atoms with Crippen LogP contribution in [0.5, 0.6) is 0 Å². The molecule has 1 atom stereocenters. The Kier molecular flexibility index (Phi) is 6.86. The molecule has 164 valence electrons. The highest BCUT2D eigenvalue weighted by Gasteiger charge is 2.64. The standard InChI is InChI=1S/C15H15F6NO5S2/c1-3-11(23)22-13(2,10-7-5-4-6-8-10)9-12(28(24,25)14(16,17)18)29(26,27)15(19,20)21/h3-8,12H,1,9H2,2H3,(H,22,23). The highest BCUT2D eigenvalue weighted by atomic mass is 32.3. The lowest BCUT2D eigenvalue weighted by Crippen LogP contribution is -2.52. The lowest BCUT2D eigenvalue weighted by Gasteiger charge is -2.34. The van der Waals surface area contributed by atoms with E-state index in [2.05, 4.69) is 6.58 Å². The van der Waals surface area contributed by atoms with Crippen molar-refractivity contribution < 1.29 is 48.0 Å². The number of amides is 1. The molecular weight excluding hydrogens is 452 g/mol. The second kappa shape index (κ2) is 7.97. The van der Waals surface area contributed by atoms with Crippen molar-refractivity contribution in [3.63, 3.8) is 0 Å². The number of halogens is 6. The van der Waals surface area contributed by atoms with E-state index < -0.39 is 53.1 Å². The molecule has 0 aliphatic carbocycles. The number of hydrogen-bond acceptors (Lipinski definition) is 5. The zero-order valence-corrected chi connectivity index (χ0v) is 16.2. The molecule has 29 heavy (non-hydrogen) atoms. The Hall–Kier alpha value is -2.09. The number of alkyl halides is 6. The summed E-state index contributed by atoms with van der Waals surface area (Å²) in [5, 5.41) is 2.02. The summed E-state index contributed by atoms with van der Waals surface area (Å²) in [6.45, 7) is 3.98. The molecule has 1 amide bonds. The van der Waals surface area contributed by atoms with E-state index in [4.69, 9.17) is 0 Å². The maximum Gasteiger partial charge on any atom is 0.498 e. The fourth-order valence-electron chi connectivity index (χ4n) is 2.39. The minimum absolute atomic E-state index is 0.130. The van der Waals surface area contributed by atoms with Gasteiger partial charge in [-0.25, -0.2) is 16.8 Å². The van der Waals surface area contributed by atoms with Gasteiger partial charge >= 0.3 is 11.0 Å². The van der Waals surface area contributed by atoms with Crippen molar-refractivity contribution in [1.29, 1.82) is 0 Å². The summed E-state index contributed by atoms with van der Waals surface area (Å²) in [6.07, 6.45) is -1.13. The minimum atomic E-state index is -6.85. The fraction of sp³-hybridized carbons (Fsp3) is 0.400. The van der Waals surface area contributed by atoms with Gasteiger partial charge in [-0.05, 0) is 18.6 Å². The van der Waals surface area contributed by atoms with Crippen LogP contribution in [0.25, 0.3) is 0 Å². The van der Waals surface area contributed by atoms with Crippen LogP contribution in [0.4, 0.5) is 26.3 Å². The molecule has 1 unspecified atom stereocenters. The molecule has 0 heterocycles. The van der Waals surface area contributed by atoms with Crippen LogP contribution < -0.4 is 5.32 Å². The highest BCUT2D eigenvalue weighted by Crippen LogP contribution is 2.41. The summed E-state index contributed by atoms with van der Waals surface area (Å²) in [4.78, 5) is 11.7. The molecule has 0 fully saturated rings. The lowest BCUT2D eigenvalue weighted by atomic mass is 9.89. The summed E-state index contributed by atoms with van der Waals surface area (Å²) in [7, 11) is -13.7. The minimum Gasteiger partial charge on any atom is -0.343 e. The Morgan fingerprint density at radius 3 is 1.76 bits per heavy atom. The van der Waals surface area contributed by atoms with Crippen LogP contribution in [-0.4, -0.2) is 38.3 Å². The molecular formula is C15H15F6NO5S2. The second-order valence-electron chi connectivity index (χ2n) is 6.01. The van der Waals surface area contributed by atoms with Gasteiger partial charge in [0, 0.05) is 6.42 Å². The van der Waals surface area contributed by atoms with E-state index in [1.165, 1.54) is 30.3 Å². The average Bonchev–Trinajstić information content (AvgIpc) is 2.58. The van der Waals surface area contributed by atoms with Crippen molar-refractivity contribution in [3.05, 3.63) is 48.6 Å². The smallest absolute Gasteiger partial charge is 0.343 e. The molecule has 0 saturated heterocycles. The molecule has 6 nitrogen and oxygen atoms in total. The van der Waals surface area contributed by atoms with Gasteiger partial charge in [0.2, 0.25) is 5.91 Å². The van der Waals surface area contributed by atoms with E-state index in [1.807, 2.05) is 5.32 Å². The summed E-state index contributed by atoms with van der Waals surface area (Å²) >= 11 is 0. The van der Waals surface area contributed by atoms with Gasteiger partial charge in [0.1, 0.15) is 0 Å². The van der Waals surface area contributed by atoms with Crippen molar-refractivity contribution >= 4 is 25.6 Å². The summed E-state index contributed by atoms with van der Waals surface area (Å²) in [5.74, 6) is -1.08. The van der Waals surface area contributed by atoms with Crippen molar-refractivity contribution in [2.24, 2.45) is 0 Å². The zero-order valence-electron chi connectivity index (χ0n) is 14.6. The summed E-state index contributed by atoms with van der Waals surface area (Å²) < 4.78 is 121. The highest BCUT2D eigenvalue weighted by molar-refractivity contribution is 8.09. The molecule has 0 aliphatic rings. The first-order valence-electron chi connectivity index (χ1n) is 7.50. The topological polar surface area (TPSA) is 97.4 Å². The molecule has 0 bridgehead atoms. The third-order valence-corrected chi connectivity index (χ3v) is 8.44. The molecule has 1 N–H and O–H groups in total. The van der Waals surface area contributed by atoms with E-state index in [9.17, 15) is 48.0 Å². The molecule has 1 aromatic rings. The lowest BCUT2D eigenvalue weighted by molar-refractivity contribution is -0.118. The number of carbonyl (C=O) groups is 1. The van der Waals surface area contributed by atoms with Gasteiger partial charge in [-0.1, -0.05) is 36.9 Å². The Bertz CT molecular complexity index is 927. The van der Waals surface area contributed by atoms with E-state index in [0.717, 1.165) is 6.92 Å². The van der Waals surface area contributed by atoms with Gasteiger partial charge in [-0.3, -0.25) is 4.79 Å². The van der Waals surface area contributed by atoms with Crippen LogP contribution in [0.15, 0.2) is 43.0 Å². The molecule has 1 rings (SSSR count). The number of carbonyl (C=O) groups excluding carboxylic acids is 1. The molecule has 0 aromatic heterocycles. The van der Waals surface area contributed by atoms with Crippen LogP contribution in [0.3, 0.4) is 0 Å². The number of nitrogens with one attached hydrogen (secondary N) is 1. The van der Waals surface area contributed by atoms with Gasteiger partial charge in [0.05, 0.1) is 5.54 Å². The molecule has 0 saturated carbocycles. The third-order valence-electron chi connectivity index (χ3n) is 3.91. The maximum absolute atomic E-state index is 13.0. The summed E-state index contributed by atoms with van der Waals surface area (Å²) in [5.41, 5.74) is -15.0. The molecule has 0 radical (unpaired) electrons. The van der Waals surface area contributed by atoms with Gasteiger partial charge in [-0.2, -0.15) is 26.3 Å². The van der Waals surface area contributed by atoms with Crippen LogP contribution in [0, 0.1) is 0 Å². The van der Waals surface area contributed by atoms with Crippen molar-refractivity contribution in [1.82, 2.24) is 5.32 Å². The summed E-state index contributed by atoms with van der Waals surface area (Å²) in [6, 6.07) is 6.37. The first-order chi connectivity index (χ1) is 12.9. The Morgan fingerprint density at radius 2 is 1.41 bits per heavy atom. The van der Waals surface area contributed by atoms with E-state index >= 15 is 0 Å². The van der Waals surface area contributed by atoms with E-state index in [0.29, 0.717) is 6.08 Å². The van der Waals surface area contributed by atoms with Crippen molar-refractivity contribution in [2.45, 2.75) is 34.5 Å². The van der Waals surface area contributed by atoms with E-state index in [-0.39, 0.29) is 5.56 Å². The predicted octanol–water partition coefficient (Wildman–Crippen LogP) is 2.79. The number of hydrogen-bond donors (Lipinski definition) is 1. The number of sulfone groups is 2. The van der Waals surface area contributed by atoms with Gasteiger partial charge in [0.25, 0.3) is 19.7 Å². The zero-order chi connectivity index (χ0) is 22.9. The Labute approximate surface area is 162 Å². The van der Waals surface area contributed by atoms with Crippen LogP contribution in [0.2, 0.25) is 0 Å². The van der Waals surface area contributed by atoms with Gasteiger partial charge in [0.15, 0.2) is 4.58 Å². The average molecular weight is 467 g/mol. The van der Waals surface area contributed by atoms with Gasteiger partial charge in [-0.15, -0.1) is 0 Å². The monoisotopic (exact) mass is 467 g/mol. The molecule has 1 aromatic carbocycles. The predicted molar refractivity (Wildman–Crippen MR) is 90.5 cm³/mol. The normalized spacial score (nSPS) is 15.6. The Balaban J connectivity index is 3.75. The third kappa shape index (κ3) is 5.10. The SMILES string of the molecule is C=CC(=O)NC(C)(CC(S(=O)(=O)C(F)(F)F)S(=O)(=O)C(F)(F)F)c1ccccc1. The molecule has 0 spiro atoms. The first kappa shape index (κ1) is 24.9. The quantitative estimate of drug-likeness (QED) is 0.491. The molecule has 0 aliphatic heterocycles. The Morgan fingerprint density at radius 1 is 1.00 bits per heavy atom.